The van der Waals surface area contributed by atoms with Gasteiger partial charge in [-0.15, -0.1) is 0 Å². The number of nitrogens with zero attached hydrogens (tertiary/aromatic N) is 2. The second-order valence-corrected chi connectivity index (χ2v) is 15.0. The highest BCUT2D eigenvalue weighted by atomic mass is 16.3. The SMILES string of the molecule is c1ccc(-c2c3c(c(-c4ccccc4)c4ccccc24)-c2ccc(-c4ccc(N(c5ccccn5)c5cccc6c5oc5ccccc56)cc4)c4cccc-3c24)cc1. The standard InChI is InChI=1S/C55H34N2O/c1-3-15-36(16-4-1)50-42-20-7-8-21-43(42)51(37-17-5-2-6-18-37)54-46-33-32-39(41-22-13-24-45(52(41)46)53(50)54)35-28-30-38(31-29-35)57(49-27-11-12-34-56-49)47-25-14-23-44-40-19-9-10-26-48(40)58-55(44)47/h1-34H. The van der Waals surface area contributed by atoms with Gasteiger partial charge in [0.1, 0.15) is 11.4 Å². The van der Waals surface area contributed by atoms with Gasteiger partial charge in [-0.05, 0) is 114 Å². The highest BCUT2D eigenvalue weighted by molar-refractivity contribution is 6.28. The summed E-state index contributed by atoms with van der Waals surface area (Å²) in [6.45, 7) is 0. The third kappa shape index (κ3) is 4.84. The molecule has 12 rings (SSSR count). The molecule has 9 aromatic carbocycles. The van der Waals surface area contributed by atoms with E-state index in [4.69, 9.17) is 9.40 Å². The number of pyridine rings is 1. The van der Waals surface area contributed by atoms with Gasteiger partial charge in [-0.3, -0.25) is 4.90 Å². The van der Waals surface area contributed by atoms with Crippen molar-refractivity contribution in [3.05, 3.63) is 206 Å². The lowest BCUT2D eigenvalue weighted by Gasteiger charge is -2.24. The lowest BCUT2D eigenvalue weighted by atomic mass is 9.82. The number of aromatic nitrogens is 1. The minimum Gasteiger partial charge on any atom is -0.454 e. The minimum atomic E-state index is 0.821. The van der Waals surface area contributed by atoms with Crippen LogP contribution < -0.4 is 4.90 Å². The molecule has 0 saturated heterocycles. The number of fused-ring (bicyclic) bond motifs is 7. The summed E-state index contributed by atoms with van der Waals surface area (Å²) in [5, 5.41) is 7.26. The molecule has 0 spiro atoms. The van der Waals surface area contributed by atoms with E-state index >= 15 is 0 Å². The molecule has 0 fully saturated rings. The molecule has 11 aromatic rings. The minimum absolute atomic E-state index is 0.821. The summed E-state index contributed by atoms with van der Waals surface area (Å²) >= 11 is 0. The quantitative estimate of drug-likeness (QED) is 0.170. The first kappa shape index (κ1) is 32.5. The number of para-hydroxylation sites is 2. The first-order valence-electron chi connectivity index (χ1n) is 19.8. The van der Waals surface area contributed by atoms with Crippen LogP contribution in [0.1, 0.15) is 0 Å². The Kier molecular flexibility index (Phi) is 7.23. The first-order chi connectivity index (χ1) is 28.8. The van der Waals surface area contributed by atoms with Gasteiger partial charge < -0.3 is 4.42 Å². The van der Waals surface area contributed by atoms with Crippen molar-refractivity contribution in [1.82, 2.24) is 4.98 Å². The van der Waals surface area contributed by atoms with Crippen molar-refractivity contribution in [2.45, 2.75) is 0 Å². The van der Waals surface area contributed by atoms with Crippen LogP contribution in [0.3, 0.4) is 0 Å². The lowest BCUT2D eigenvalue weighted by molar-refractivity contribution is 0.669. The summed E-state index contributed by atoms with van der Waals surface area (Å²) in [4.78, 5) is 7.02. The van der Waals surface area contributed by atoms with Gasteiger partial charge in [-0.2, -0.15) is 0 Å². The van der Waals surface area contributed by atoms with Crippen LogP contribution in [0.4, 0.5) is 17.2 Å². The van der Waals surface area contributed by atoms with Crippen LogP contribution >= 0.6 is 0 Å². The Morgan fingerprint density at radius 2 is 0.931 bits per heavy atom. The molecule has 58 heavy (non-hydrogen) atoms. The maximum absolute atomic E-state index is 6.53. The van der Waals surface area contributed by atoms with Gasteiger partial charge >= 0.3 is 0 Å². The maximum atomic E-state index is 6.53. The molecule has 1 aliphatic rings. The molecule has 0 aliphatic heterocycles. The van der Waals surface area contributed by atoms with Crippen LogP contribution in [0.2, 0.25) is 0 Å². The van der Waals surface area contributed by atoms with Crippen LogP contribution in [-0.2, 0) is 0 Å². The molecule has 2 heterocycles. The number of hydrogen-bond acceptors (Lipinski definition) is 3. The average molecular weight is 739 g/mol. The maximum Gasteiger partial charge on any atom is 0.159 e. The van der Waals surface area contributed by atoms with Gasteiger partial charge in [0.15, 0.2) is 5.58 Å². The van der Waals surface area contributed by atoms with Crippen LogP contribution in [-0.4, -0.2) is 4.98 Å². The number of rotatable bonds is 6. The molecule has 3 nitrogen and oxygen atoms in total. The van der Waals surface area contributed by atoms with Crippen molar-refractivity contribution >= 4 is 60.7 Å². The van der Waals surface area contributed by atoms with Crippen LogP contribution in [0.15, 0.2) is 211 Å². The van der Waals surface area contributed by atoms with E-state index in [9.17, 15) is 0 Å². The smallest absolute Gasteiger partial charge is 0.159 e. The molecule has 2 aromatic heterocycles. The molecule has 0 saturated carbocycles. The predicted molar refractivity (Wildman–Crippen MR) is 242 cm³/mol. The fraction of sp³-hybridized carbons (Fsp3) is 0. The van der Waals surface area contributed by atoms with Crippen LogP contribution in [0, 0.1) is 0 Å². The summed E-state index contributed by atoms with van der Waals surface area (Å²) < 4.78 is 6.53. The number of anilines is 3. The Hall–Kier alpha value is -7.75. The fourth-order valence-electron chi connectivity index (χ4n) is 9.44. The summed E-state index contributed by atoms with van der Waals surface area (Å²) in [5.74, 6) is 0.821. The molecule has 0 radical (unpaired) electrons. The number of benzene rings is 9. The van der Waals surface area contributed by atoms with Crippen LogP contribution in [0.5, 0.6) is 0 Å². The zero-order valence-corrected chi connectivity index (χ0v) is 31.4. The predicted octanol–water partition coefficient (Wildman–Crippen LogP) is 15.4. The van der Waals surface area contributed by atoms with Crippen molar-refractivity contribution in [2.75, 3.05) is 4.90 Å². The second-order valence-electron chi connectivity index (χ2n) is 15.0. The molecular formula is C55H34N2O. The van der Waals surface area contributed by atoms with Crippen molar-refractivity contribution in [3.63, 3.8) is 0 Å². The fourth-order valence-corrected chi connectivity index (χ4v) is 9.44. The second kappa shape index (κ2) is 12.9. The topological polar surface area (TPSA) is 29.3 Å². The van der Waals surface area contributed by atoms with E-state index in [1.54, 1.807) is 0 Å². The zero-order valence-electron chi connectivity index (χ0n) is 31.4. The first-order valence-corrected chi connectivity index (χ1v) is 19.8. The van der Waals surface area contributed by atoms with E-state index < -0.39 is 0 Å². The molecule has 0 N–H and O–H groups in total. The Morgan fingerprint density at radius 1 is 0.362 bits per heavy atom. The third-order valence-electron chi connectivity index (χ3n) is 11.9. The van der Waals surface area contributed by atoms with Gasteiger partial charge in [0.05, 0.1) is 5.69 Å². The van der Waals surface area contributed by atoms with Gasteiger partial charge in [-0.1, -0.05) is 164 Å². The van der Waals surface area contributed by atoms with Crippen molar-refractivity contribution in [3.8, 4) is 55.6 Å². The number of furan rings is 1. The van der Waals surface area contributed by atoms with Gasteiger partial charge in [-0.25, -0.2) is 4.98 Å². The lowest BCUT2D eigenvalue weighted by Crippen LogP contribution is -2.11. The Balaban J connectivity index is 1.05. The van der Waals surface area contributed by atoms with E-state index in [0.717, 1.165) is 44.7 Å². The van der Waals surface area contributed by atoms with E-state index in [1.807, 2.05) is 36.5 Å². The number of hydrogen-bond donors (Lipinski definition) is 0. The van der Waals surface area contributed by atoms with Crippen LogP contribution in [0.25, 0.3) is 99.1 Å². The Morgan fingerprint density at radius 3 is 1.62 bits per heavy atom. The Labute approximate surface area is 335 Å². The molecule has 0 amide bonds. The summed E-state index contributed by atoms with van der Waals surface area (Å²) in [6.07, 6.45) is 1.84. The van der Waals surface area contributed by atoms with E-state index in [0.29, 0.717) is 0 Å². The summed E-state index contributed by atoms with van der Waals surface area (Å²) in [7, 11) is 0. The van der Waals surface area contributed by atoms with Gasteiger partial charge in [0.2, 0.25) is 0 Å². The van der Waals surface area contributed by atoms with Crippen molar-refractivity contribution in [1.29, 1.82) is 0 Å². The normalized spacial score (nSPS) is 11.8. The average Bonchev–Trinajstić information content (AvgIpc) is 3.84. The molecule has 0 bridgehead atoms. The van der Waals surface area contributed by atoms with Crippen molar-refractivity contribution < 1.29 is 4.42 Å². The summed E-state index contributed by atoms with van der Waals surface area (Å²) in [5.41, 5.74) is 16.2. The summed E-state index contributed by atoms with van der Waals surface area (Å²) in [6, 6.07) is 71.8. The molecule has 0 atom stereocenters. The van der Waals surface area contributed by atoms with E-state index in [1.165, 1.54) is 71.6 Å². The van der Waals surface area contributed by atoms with E-state index in [2.05, 4.69) is 175 Å². The largest absolute Gasteiger partial charge is 0.454 e. The Bertz CT molecular complexity index is 3280. The molecular weight excluding hydrogens is 705 g/mol. The molecule has 0 unspecified atom stereocenters. The molecule has 270 valence electrons. The highest BCUT2D eigenvalue weighted by Crippen LogP contribution is 2.58. The molecule has 3 heteroatoms. The molecule has 1 aliphatic carbocycles. The highest BCUT2D eigenvalue weighted by Gasteiger charge is 2.31. The zero-order chi connectivity index (χ0) is 38.2. The van der Waals surface area contributed by atoms with Crippen molar-refractivity contribution in [2.24, 2.45) is 0 Å². The van der Waals surface area contributed by atoms with Gasteiger partial charge in [0.25, 0.3) is 0 Å². The van der Waals surface area contributed by atoms with Gasteiger partial charge in [0, 0.05) is 22.7 Å². The monoisotopic (exact) mass is 738 g/mol. The third-order valence-corrected chi connectivity index (χ3v) is 11.9. The van der Waals surface area contributed by atoms with E-state index in [-0.39, 0.29) is 0 Å².